The summed E-state index contributed by atoms with van der Waals surface area (Å²) in [5.41, 5.74) is -0.608. The topological polar surface area (TPSA) is 26.3 Å². The molecule has 0 amide bonds. The average Bonchev–Trinajstić information content (AvgIpc) is 2.36. The molecule has 0 aliphatic heterocycles. The van der Waals surface area contributed by atoms with E-state index in [-0.39, 0.29) is 11.7 Å². The summed E-state index contributed by atoms with van der Waals surface area (Å²) in [6.45, 7) is 4.94. The van der Waals surface area contributed by atoms with Crippen LogP contribution >= 0.6 is 0 Å². The smallest absolute Gasteiger partial charge is 0.192 e. The van der Waals surface area contributed by atoms with Crippen LogP contribution in [0, 0.1) is 11.8 Å². The molecule has 0 aromatic carbocycles. The van der Waals surface area contributed by atoms with Crippen molar-refractivity contribution in [3.05, 3.63) is 24.3 Å². The fraction of sp³-hybridized carbons (Fsp3) is 0.583. The third-order valence-electron chi connectivity index (χ3n) is 3.19. The largest absolute Gasteiger partial charge is 0.361 e. The van der Waals surface area contributed by atoms with E-state index in [4.69, 9.17) is 4.74 Å². The van der Waals surface area contributed by atoms with Crippen molar-refractivity contribution < 1.29 is 9.53 Å². The summed E-state index contributed by atoms with van der Waals surface area (Å²) in [7, 11) is 0. The van der Waals surface area contributed by atoms with Crippen molar-refractivity contribution in [1.82, 2.24) is 0 Å². The van der Waals surface area contributed by atoms with Crippen LogP contribution in [-0.4, -0.2) is 18.0 Å². The second-order valence-corrected chi connectivity index (χ2v) is 4.23. The van der Waals surface area contributed by atoms with Crippen LogP contribution in [0.4, 0.5) is 0 Å². The molecule has 0 unspecified atom stereocenters. The highest BCUT2D eigenvalue weighted by molar-refractivity contribution is 6.03. The van der Waals surface area contributed by atoms with E-state index in [1.165, 1.54) is 0 Å². The predicted octanol–water partition coefficient (Wildman–Crippen LogP) is 2.11. The van der Waals surface area contributed by atoms with Gasteiger partial charge in [-0.2, -0.15) is 0 Å². The third-order valence-corrected chi connectivity index (χ3v) is 3.19. The second kappa shape index (κ2) is 3.35. The number of hydrogen-bond donors (Lipinski definition) is 0. The SMILES string of the molecule is CC[C@H](C)CO[C@@]12C=C[C@@H]1C=CC2=O. The molecule has 0 fully saturated rings. The van der Waals surface area contributed by atoms with Crippen LogP contribution in [-0.2, 0) is 9.53 Å². The van der Waals surface area contributed by atoms with Gasteiger partial charge >= 0.3 is 0 Å². The van der Waals surface area contributed by atoms with Gasteiger partial charge in [-0.3, -0.25) is 4.79 Å². The summed E-state index contributed by atoms with van der Waals surface area (Å²) >= 11 is 0. The Morgan fingerprint density at radius 2 is 2.36 bits per heavy atom. The van der Waals surface area contributed by atoms with Crippen molar-refractivity contribution in [2.24, 2.45) is 11.8 Å². The van der Waals surface area contributed by atoms with Crippen molar-refractivity contribution in [3.63, 3.8) is 0 Å². The Hall–Kier alpha value is -0.890. The summed E-state index contributed by atoms with van der Waals surface area (Å²) in [6.07, 6.45) is 8.58. The summed E-state index contributed by atoms with van der Waals surface area (Å²) in [5, 5.41) is 0. The fourth-order valence-electron chi connectivity index (χ4n) is 1.77. The first-order chi connectivity index (χ1) is 6.69. The van der Waals surface area contributed by atoms with Gasteiger partial charge in [-0.1, -0.05) is 32.4 Å². The fourth-order valence-corrected chi connectivity index (χ4v) is 1.77. The van der Waals surface area contributed by atoms with E-state index in [0.29, 0.717) is 12.5 Å². The van der Waals surface area contributed by atoms with Crippen LogP contribution in [0.15, 0.2) is 24.3 Å². The first kappa shape index (κ1) is 9.66. The standard InChI is InChI=1S/C12H16O2/c1-3-9(2)8-14-12-7-6-10(12)4-5-11(12)13/h4-7,9-10H,3,8H2,1-2H3/t9-,10-,12-/m0/s1. The minimum absolute atomic E-state index is 0.105. The van der Waals surface area contributed by atoms with Crippen molar-refractivity contribution in [3.8, 4) is 0 Å². The van der Waals surface area contributed by atoms with Crippen LogP contribution in [0.3, 0.4) is 0 Å². The number of ketones is 1. The number of carbonyl (C=O) groups excluding carboxylic acids is 1. The van der Waals surface area contributed by atoms with Crippen LogP contribution in [0.1, 0.15) is 20.3 Å². The molecule has 0 spiro atoms. The van der Waals surface area contributed by atoms with Crippen molar-refractivity contribution in [1.29, 1.82) is 0 Å². The van der Waals surface area contributed by atoms with Gasteiger partial charge in [0.2, 0.25) is 0 Å². The lowest BCUT2D eigenvalue weighted by atomic mass is 9.79. The maximum Gasteiger partial charge on any atom is 0.192 e. The maximum absolute atomic E-state index is 11.6. The lowest BCUT2D eigenvalue weighted by Crippen LogP contribution is -2.47. The van der Waals surface area contributed by atoms with Gasteiger partial charge in [-0.25, -0.2) is 0 Å². The van der Waals surface area contributed by atoms with Gasteiger partial charge in [-0.15, -0.1) is 0 Å². The highest BCUT2D eigenvalue weighted by Crippen LogP contribution is 2.41. The Kier molecular flexibility index (Phi) is 2.31. The van der Waals surface area contributed by atoms with Crippen molar-refractivity contribution in [2.45, 2.75) is 25.9 Å². The Labute approximate surface area is 84.6 Å². The number of fused-ring (bicyclic) bond motifs is 1. The van der Waals surface area contributed by atoms with Crippen molar-refractivity contribution >= 4 is 5.78 Å². The molecule has 76 valence electrons. The van der Waals surface area contributed by atoms with Gasteiger partial charge in [0, 0.05) is 5.92 Å². The molecule has 2 rings (SSSR count). The summed E-state index contributed by atoms with van der Waals surface area (Å²) < 4.78 is 5.76. The van der Waals surface area contributed by atoms with E-state index in [2.05, 4.69) is 13.8 Å². The monoisotopic (exact) mass is 192 g/mol. The molecule has 2 aliphatic rings. The minimum atomic E-state index is -0.608. The molecule has 0 aromatic rings. The molecule has 0 N–H and O–H groups in total. The molecular formula is C12H16O2. The van der Waals surface area contributed by atoms with Crippen LogP contribution in [0.2, 0.25) is 0 Å². The Bertz CT molecular complexity index is 303. The lowest BCUT2D eigenvalue weighted by Gasteiger charge is -2.36. The number of ether oxygens (including phenoxy) is 1. The first-order valence-electron chi connectivity index (χ1n) is 5.25. The molecular weight excluding hydrogens is 176 g/mol. The van der Waals surface area contributed by atoms with Gasteiger partial charge in [0.05, 0.1) is 6.61 Å². The van der Waals surface area contributed by atoms with Gasteiger partial charge in [0.15, 0.2) is 11.4 Å². The maximum atomic E-state index is 11.6. The number of carbonyl (C=O) groups is 1. The van der Waals surface area contributed by atoms with Crippen molar-refractivity contribution in [2.75, 3.05) is 6.61 Å². The lowest BCUT2D eigenvalue weighted by molar-refractivity contribution is -0.138. The molecule has 14 heavy (non-hydrogen) atoms. The minimum Gasteiger partial charge on any atom is -0.361 e. The van der Waals surface area contributed by atoms with E-state index < -0.39 is 5.60 Å². The van der Waals surface area contributed by atoms with E-state index in [0.717, 1.165) is 6.42 Å². The second-order valence-electron chi connectivity index (χ2n) is 4.23. The zero-order chi connectivity index (χ0) is 10.2. The molecule has 0 radical (unpaired) electrons. The number of hydrogen-bond acceptors (Lipinski definition) is 2. The van der Waals surface area contributed by atoms with Crippen LogP contribution < -0.4 is 0 Å². The molecule has 0 heterocycles. The predicted molar refractivity (Wildman–Crippen MR) is 54.9 cm³/mol. The van der Waals surface area contributed by atoms with E-state index in [9.17, 15) is 4.79 Å². The van der Waals surface area contributed by atoms with Crippen LogP contribution in [0.25, 0.3) is 0 Å². The Morgan fingerprint density at radius 3 is 2.86 bits per heavy atom. The first-order valence-corrected chi connectivity index (χ1v) is 5.25. The summed E-state index contributed by atoms with van der Waals surface area (Å²) in [5.74, 6) is 0.819. The van der Waals surface area contributed by atoms with Gasteiger partial charge in [0.25, 0.3) is 0 Å². The summed E-state index contributed by atoms with van der Waals surface area (Å²) in [4.78, 5) is 11.6. The van der Waals surface area contributed by atoms with E-state index in [1.54, 1.807) is 6.08 Å². The average molecular weight is 192 g/mol. The zero-order valence-electron chi connectivity index (χ0n) is 8.69. The normalized spacial score (nSPS) is 35.6. The molecule has 0 saturated carbocycles. The van der Waals surface area contributed by atoms with Gasteiger partial charge in [-0.05, 0) is 18.1 Å². The molecule has 2 nitrogen and oxygen atoms in total. The highest BCUT2D eigenvalue weighted by Gasteiger charge is 2.50. The highest BCUT2D eigenvalue weighted by atomic mass is 16.5. The third kappa shape index (κ3) is 1.25. The van der Waals surface area contributed by atoms with Crippen LogP contribution in [0.5, 0.6) is 0 Å². The number of rotatable bonds is 4. The van der Waals surface area contributed by atoms with E-state index >= 15 is 0 Å². The van der Waals surface area contributed by atoms with Gasteiger partial charge in [0.1, 0.15) is 0 Å². The molecule has 0 saturated heterocycles. The van der Waals surface area contributed by atoms with E-state index in [1.807, 2.05) is 18.2 Å². The zero-order valence-corrected chi connectivity index (χ0v) is 8.69. The molecule has 3 atom stereocenters. The quantitative estimate of drug-likeness (QED) is 0.638. The van der Waals surface area contributed by atoms with Gasteiger partial charge < -0.3 is 4.74 Å². The Balaban J connectivity index is 1.98. The summed E-state index contributed by atoms with van der Waals surface area (Å²) in [6, 6.07) is 0. The molecule has 0 aromatic heterocycles. The molecule has 2 heteroatoms. The molecule has 2 aliphatic carbocycles. The Morgan fingerprint density at radius 1 is 1.57 bits per heavy atom. The molecule has 0 bridgehead atoms.